The number of thiophene rings is 1. The largest absolute Gasteiger partial charge is 0.497 e. The van der Waals surface area contributed by atoms with Crippen LogP contribution in [0.1, 0.15) is 20.8 Å². The molecular weight excluding hydrogens is 454 g/mol. The lowest BCUT2D eigenvalue weighted by Gasteiger charge is -2.17. The molecule has 0 radical (unpaired) electrons. The van der Waals surface area contributed by atoms with Crippen LogP contribution in [0.2, 0.25) is 0 Å². The van der Waals surface area contributed by atoms with E-state index < -0.39 is 9.84 Å². The van der Waals surface area contributed by atoms with Crippen LogP contribution < -0.4 is 10.1 Å². The molecule has 0 saturated carbocycles. The second-order valence-corrected chi connectivity index (χ2v) is 10.8. The number of nitrogens with one attached hydrogen (secondary N) is 1. The van der Waals surface area contributed by atoms with E-state index in [1.807, 2.05) is 66.7 Å². The molecule has 166 valence electrons. The maximum Gasteiger partial charge on any atom is 0.261 e. The molecule has 0 fully saturated rings. The van der Waals surface area contributed by atoms with E-state index in [2.05, 4.69) is 5.32 Å². The Balaban J connectivity index is 1.45. The van der Waals surface area contributed by atoms with Crippen molar-refractivity contribution in [3.05, 3.63) is 94.9 Å². The summed E-state index contributed by atoms with van der Waals surface area (Å²) in [6, 6.07) is 24.5. The van der Waals surface area contributed by atoms with E-state index in [4.69, 9.17) is 4.74 Å². The van der Waals surface area contributed by atoms with Gasteiger partial charge in [0, 0.05) is 17.0 Å². The van der Waals surface area contributed by atoms with Crippen molar-refractivity contribution >= 4 is 27.1 Å². The van der Waals surface area contributed by atoms with Crippen LogP contribution in [0.4, 0.5) is 0 Å². The van der Waals surface area contributed by atoms with Crippen molar-refractivity contribution in [2.75, 3.05) is 7.11 Å². The standard InChI is InChI=1S/C26H21NO4S2/c1-31-21-10-7-17(8-11-21)15-27-26(28)23-14-20-16-33(29,30)24-12-9-19(13-22(24)25(20)32-23)18-5-3-2-4-6-18/h2-14H,15-16H2,1H3,(H,27,28). The van der Waals surface area contributed by atoms with Crippen molar-refractivity contribution in [2.45, 2.75) is 17.2 Å². The summed E-state index contributed by atoms with van der Waals surface area (Å²) in [6.07, 6.45) is 0. The predicted molar refractivity (Wildman–Crippen MR) is 130 cm³/mol. The second-order valence-electron chi connectivity index (χ2n) is 7.83. The Morgan fingerprint density at radius 2 is 1.73 bits per heavy atom. The number of benzene rings is 3. The van der Waals surface area contributed by atoms with Gasteiger partial charge in [-0.3, -0.25) is 4.79 Å². The minimum absolute atomic E-state index is 0.0950. The molecule has 1 aliphatic heterocycles. The zero-order chi connectivity index (χ0) is 23.0. The predicted octanol–water partition coefficient (Wildman–Crippen LogP) is 5.31. The molecular formula is C26H21NO4S2. The Morgan fingerprint density at radius 1 is 0.970 bits per heavy atom. The first kappa shape index (κ1) is 21.4. The quantitative estimate of drug-likeness (QED) is 0.425. The van der Waals surface area contributed by atoms with Gasteiger partial charge in [0.2, 0.25) is 0 Å². The van der Waals surface area contributed by atoms with E-state index in [1.165, 1.54) is 11.3 Å². The lowest BCUT2D eigenvalue weighted by molar-refractivity contribution is 0.0955. The Kier molecular flexibility index (Phi) is 5.52. The molecule has 33 heavy (non-hydrogen) atoms. The fourth-order valence-electron chi connectivity index (χ4n) is 3.96. The molecule has 2 heterocycles. The first-order valence-electron chi connectivity index (χ1n) is 10.4. The number of ether oxygens (including phenoxy) is 1. The molecule has 5 nitrogen and oxygen atoms in total. The molecule has 0 bridgehead atoms. The molecule has 0 atom stereocenters. The van der Waals surface area contributed by atoms with E-state index in [1.54, 1.807) is 19.2 Å². The molecule has 1 N–H and O–H groups in total. The van der Waals surface area contributed by atoms with Gasteiger partial charge in [-0.1, -0.05) is 48.5 Å². The van der Waals surface area contributed by atoms with Gasteiger partial charge in [-0.05, 0) is 52.6 Å². The number of hydrogen-bond acceptors (Lipinski definition) is 5. The van der Waals surface area contributed by atoms with Gasteiger partial charge in [0.05, 0.1) is 22.6 Å². The third-order valence-electron chi connectivity index (χ3n) is 5.66. The molecule has 1 aliphatic rings. The third-order valence-corrected chi connectivity index (χ3v) is 8.58. The number of hydrogen-bond donors (Lipinski definition) is 1. The van der Waals surface area contributed by atoms with Crippen molar-refractivity contribution in [3.8, 4) is 27.3 Å². The van der Waals surface area contributed by atoms with Crippen LogP contribution >= 0.6 is 11.3 Å². The smallest absolute Gasteiger partial charge is 0.261 e. The number of methoxy groups -OCH3 is 1. The molecule has 0 spiro atoms. The first-order chi connectivity index (χ1) is 15.9. The molecule has 3 aromatic carbocycles. The second kappa shape index (κ2) is 8.50. The van der Waals surface area contributed by atoms with E-state index >= 15 is 0 Å². The minimum Gasteiger partial charge on any atom is -0.497 e. The van der Waals surface area contributed by atoms with Crippen LogP contribution in [-0.4, -0.2) is 21.4 Å². The fourth-order valence-corrected chi connectivity index (χ4v) is 6.81. The van der Waals surface area contributed by atoms with Crippen molar-refractivity contribution in [1.82, 2.24) is 5.32 Å². The SMILES string of the molecule is COc1ccc(CNC(=O)c2cc3c(s2)-c2cc(-c4ccccc4)ccc2S(=O)(=O)C3)cc1. The highest BCUT2D eigenvalue weighted by atomic mass is 32.2. The maximum atomic E-state index is 12.9. The van der Waals surface area contributed by atoms with Crippen LogP contribution in [0.15, 0.2) is 83.8 Å². The fraction of sp³-hybridized carbons (Fsp3) is 0.115. The summed E-state index contributed by atoms with van der Waals surface area (Å²) in [5.41, 5.74) is 4.24. The number of sulfone groups is 1. The highest BCUT2D eigenvalue weighted by molar-refractivity contribution is 7.91. The number of carbonyl (C=O) groups excluding carboxylic acids is 1. The number of carbonyl (C=O) groups is 1. The first-order valence-corrected chi connectivity index (χ1v) is 12.9. The molecule has 1 aromatic heterocycles. The summed E-state index contributed by atoms with van der Waals surface area (Å²) >= 11 is 1.34. The lowest BCUT2D eigenvalue weighted by Crippen LogP contribution is -2.21. The normalized spacial score (nSPS) is 13.6. The molecule has 0 saturated heterocycles. The van der Waals surface area contributed by atoms with Gasteiger partial charge in [-0.2, -0.15) is 0 Å². The van der Waals surface area contributed by atoms with Crippen LogP contribution in [0.5, 0.6) is 5.75 Å². The Morgan fingerprint density at radius 3 is 2.45 bits per heavy atom. The Bertz CT molecular complexity index is 1440. The van der Waals surface area contributed by atoms with Gasteiger partial charge in [0.15, 0.2) is 9.84 Å². The topological polar surface area (TPSA) is 72.5 Å². The minimum atomic E-state index is -3.47. The van der Waals surface area contributed by atoms with Crippen molar-refractivity contribution in [2.24, 2.45) is 0 Å². The Labute approximate surface area is 196 Å². The third kappa shape index (κ3) is 4.17. The van der Waals surface area contributed by atoms with E-state index in [9.17, 15) is 13.2 Å². The summed E-state index contributed by atoms with van der Waals surface area (Å²) < 4.78 is 31.0. The van der Waals surface area contributed by atoms with Gasteiger partial charge in [0.25, 0.3) is 5.91 Å². The van der Waals surface area contributed by atoms with Crippen LogP contribution in [0, 0.1) is 0 Å². The molecule has 7 heteroatoms. The number of amides is 1. The monoisotopic (exact) mass is 475 g/mol. The van der Waals surface area contributed by atoms with Crippen molar-refractivity contribution < 1.29 is 17.9 Å². The maximum absolute atomic E-state index is 12.9. The van der Waals surface area contributed by atoms with Gasteiger partial charge in [-0.15, -0.1) is 11.3 Å². The average Bonchev–Trinajstić information content (AvgIpc) is 3.26. The number of rotatable bonds is 5. The van der Waals surface area contributed by atoms with Crippen LogP contribution in [0.3, 0.4) is 0 Å². The molecule has 1 amide bonds. The van der Waals surface area contributed by atoms with E-state index in [-0.39, 0.29) is 11.7 Å². The molecule has 0 aliphatic carbocycles. The van der Waals surface area contributed by atoms with E-state index in [0.717, 1.165) is 27.3 Å². The van der Waals surface area contributed by atoms with Crippen LogP contribution in [-0.2, 0) is 22.1 Å². The van der Waals surface area contributed by atoms with Gasteiger partial charge in [-0.25, -0.2) is 8.42 Å². The zero-order valence-corrected chi connectivity index (χ0v) is 19.5. The number of fused-ring (bicyclic) bond motifs is 3. The van der Waals surface area contributed by atoms with Crippen molar-refractivity contribution in [1.29, 1.82) is 0 Å². The average molecular weight is 476 g/mol. The molecule has 4 aromatic rings. The molecule has 0 unspecified atom stereocenters. The summed E-state index contributed by atoms with van der Waals surface area (Å²) in [4.78, 5) is 14.5. The zero-order valence-electron chi connectivity index (χ0n) is 17.9. The lowest BCUT2D eigenvalue weighted by atomic mass is 10.0. The van der Waals surface area contributed by atoms with Gasteiger partial charge >= 0.3 is 0 Å². The van der Waals surface area contributed by atoms with Crippen LogP contribution in [0.25, 0.3) is 21.6 Å². The van der Waals surface area contributed by atoms with Gasteiger partial charge < -0.3 is 10.1 Å². The highest BCUT2D eigenvalue weighted by Crippen LogP contribution is 2.44. The Hall–Kier alpha value is -3.42. The summed E-state index contributed by atoms with van der Waals surface area (Å²) in [6.45, 7) is 0.373. The van der Waals surface area contributed by atoms with Gasteiger partial charge in [0.1, 0.15) is 5.75 Å². The summed E-state index contributed by atoms with van der Waals surface area (Å²) in [5.74, 6) is 0.441. The van der Waals surface area contributed by atoms with E-state index in [0.29, 0.717) is 27.4 Å². The van der Waals surface area contributed by atoms with Crippen molar-refractivity contribution in [3.63, 3.8) is 0 Å². The molecule has 5 rings (SSSR count). The summed E-state index contributed by atoms with van der Waals surface area (Å²) in [7, 11) is -1.86. The summed E-state index contributed by atoms with van der Waals surface area (Å²) in [5, 5.41) is 2.93. The highest BCUT2D eigenvalue weighted by Gasteiger charge is 2.31.